The van der Waals surface area contributed by atoms with Gasteiger partial charge in [-0.25, -0.2) is 4.39 Å². The van der Waals surface area contributed by atoms with Crippen molar-refractivity contribution in [2.24, 2.45) is 0 Å². The van der Waals surface area contributed by atoms with Crippen molar-refractivity contribution < 1.29 is 4.39 Å². The highest BCUT2D eigenvalue weighted by atomic mass is 19.1. The van der Waals surface area contributed by atoms with Crippen molar-refractivity contribution in [1.82, 2.24) is 5.32 Å². The van der Waals surface area contributed by atoms with E-state index in [0.29, 0.717) is 0 Å². The molecule has 0 aliphatic heterocycles. The predicted molar refractivity (Wildman–Crippen MR) is 61.0 cm³/mol. The molecule has 0 amide bonds. The maximum atomic E-state index is 12.9. The number of nitrogens with one attached hydrogen (secondary N) is 1. The molecule has 0 aliphatic rings. The van der Waals surface area contributed by atoms with Gasteiger partial charge in [-0.15, -0.1) is 12.3 Å². The minimum atomic E-state index is -0.192. The number of halogens is 1. The Hall–Kier alpha value is -1.33. The number of benzene rings is 1. The Kier molecular flexibility index (Phi) is 4.33. The van der Waals surface area contributed by atoms with E-state index in [1.54, 1.807) is 6.07 Å². The summed E-state index contributed by atoms with van der Waals surface area (Å²) in [4.78, 5) is 0. The van der Waals surface area contributed by atoms with E-state index in [4.69, 9.17) is 6.42 Å². The third-order valence-corrected chi connectivity index (χ3v) is 2.53. The fourth-order valence-electron chi connectivity index (χ4n) is 1.71. The van der Waals surface area contributed by atoms with Crippen LogP contribution in [0.5, 0.6) is 0 Å². The van der Waals surface area contributed by atoms with Gasteiger partial charge >= 0.3 is 0 Å². The van der Waals surface area contributed by atoms with Crippen LogP contribution in [0, 0.1) is 25.1 Å². The average Bonchev–Trinajstić information content (AvgIpc) is 2.21. The van der Waals surface area contributed by atoms with Crippen LogP contribution in [0.4, 0.5) is 4.39 Å². The SMILES string of the molecule is C#CCCC(NC)c1ccc(F)cc1C. The Morgan fingerprint density at radius 1 is 1.53 bits per heavy atom. The van der Waals surface area contributed by atoms with Crippen LogP contribution in [0.25, 0.3) is 0 Å². The molecule has 1 aromatic rings. The minimum absolute atomic E-state index is 0.192. The maximum Gasteiger partial charge on any atom is 0.123 e. The van der Waals surface area contributed by atoms with Gasteiger partial charge in [-0.05, 0) is 43.7 Å². The van der Waals surface area contributed by atoms with Crippen LogP contribution in [-0.2, 0) is 0 Å². The molecule has 0 saturated heterocycles. The number of aryl methyl sites for hydroxylation is 1. The van der Waals surface area contributed by atoms with Crippen molar-refractivity contribution in [3.8, 4) is 12.3 Å². The normalized spacial score (nSPS) is 12.1. The zero-order valence-corrected chi connectivity index (χ0v) is 9.18. The summed E-state index contributed by atoms with van der Waals surface area (Å²) in [5, 5.41) is 3.20. The molecule has 0 aromatic heterocycles. The van der Waals surface area contributed by atoms with Gasteiger partial charge in [0.25, 0.3) is 0 Å². The summed E-state index contributed by atoms with van der Waals surface area (Å²) in [7, 11) is 1.89. The molecule has 0 spiro atoms. The van der Waals surface area contributed by atoms with E-state index in [0.717, 1.165) is 24.0 Å². The van der Waals surface area contributed by atoms with Gasteiger partial charge in [-0.1, -0.05) is 6.07 Å². The second kappa shape index (κ2) is 5.53. The van der Waals surface area contributed by atoms with Crippen molar-refractivity contribution in [2.75, 3.05) is 7.05 Å². The van der Waals surface area contributed by atoms with E-state index in [1.165, 1.54) is 6.07 Å². The standard InChI is InChI=1S/C13H16FN/c1-4-5-6-13(15-3)12-8-7-11(14)9-10(12)2/h1,7-9,13,15H,5-6H2,2-3H3. The molecule has 1 aromatic carbocycles. The van der Waals surface area contributed by atoms with Crippen LogP contribution >= 0.6 is 0 Å². The minimum Gasteiger partial charge on any atom is -0.313 e. The molecule has 0 heterocycles. The topological polar surface area (TPSA) is 12.0 Å². The number of hydrogen-bond acceptors (Lipinski definition) is 1. The van der Waals surface area contributed by atoms with Crippen LogP contribution < -0.4 is 5.32 Å². The summed E-state index contributed by atoms with van der Waals surface area (Å²) >= 11 is 0. The van der Waals surface area contributed by atoms with Gasteiger partial charge in [-0.2, -0.15) is 0 Å². The summed E-state index contributed by atoms with van der Waals surface area (Å²) in [5.41, 5.74) is 2.08. The zero-order chi connectivity index (χ0) is 11.3. The number of rotatable bonds is 4. The first kappa shape index (κ1) is 11.7. The highest BCUT2D eigenvalue weighted by Gasteiger charge is 2.11. The molecule has 1 nitrogen and oxygen atoms in total. The Balaban J connectivity index is 2.87. The Labute approximate surface area is 90.7 Å². The third-order valence-electron chi connectivity index (χ3n) is 2.53. The molecule has 1 unspecified atom stereocenters. The lowest BCUT2D eigenvalue weighted by atomic mass is 9.98. The average molecular weight is 205 g/mol. The molecular formula is C13H16FN. The summed E-state index contributed by atoms with van der Waals surface area (Å²) in [5.74, 6) is 2.43. The molecule has 0 fully saturated rings. The maximum absolute atomic E-state index is 12.9. The van der Waals surface area contributed by atoms with Crippen LogP contribution in [0.1, 0.15) is 30.0 Å². The first-order valence-corrected chi connectivity index (χ1v) is 5.05. The molecule has 0 saturated carbocycles. The fourth-order valence-corrected chi connectivity index (χ4v) is 1.71. The zero-order valence-electron chi connectivity index (χ0n) is 9.18. The van der Waals surface area contributed by atoms with Gasteiger partial charge in [0.05, 0.1) is 0 Å². The molecule has 0 aliphatic carbocycles. The molecular weight excluding hydrogens is 189 g/mol. The van der Waals surface area contributed by atoms with Gasteiger partial charge < -0.3 is 5.32 Å². The van der Waals surface area contributed by atoms with Crippen molar-refractivity contribution in [1.29, 1.82) is 0 Å². The van der Waals surface area contributed by atoms with Crippen LogP contribution in [-0.4, -0.2) is 7.05 Å². The summed E-state index contributed by atoms with van der Waals surface area (Å²) < 4.78 is 12.9. The summed E-state index contributed by atoms with van der Waals surface area (Å²) in [6.45, 7) is 1.92. The summed E-state index contributed by atoms with van der Waals surface area (Å²) in [6, 6.07) is 5.07. The molecule has 1 rings (SSSR count). The first-order valence-electron chi connectivity index (χ1n) is 5.05. The summed E-state index contributed by atoms with van der Waals surface area (Å²) in [6.07, 6.45) is 6.83. The molecule has 0 bridgehead atoms. The second-order valence-electron chi connectivity index (χ2n) is 3.58. The van der Waals surface area contributed by atoms with Crippen LogP contribution in [0.3, 0.4) is 0 Å². The molecule has 15 heavy (non-hydrogen) atoms. The first-order chi connectivity index (χ1) is 7.19. The lowest BCUT2D eigenvalue weighted by molar-refractivity contribution is 0.552. The Morgan fingerprint density at radius 3 is 2.80 bits per heavy atom. The van der Waals surface area contributed by atoms with E-state index in [-0.39, 0.29) is 11.9 Å². The highest BCUT2D eigenvalue weighted by molar-refractivity contribution is 5.29. The monoisotopic (exact) mass is 205 g/mol. The lowest BCUT2D eigenvalue weighted by Gasteiger charge is -2.17. The number of terminal acetylenes is 1. The van der Waals surface area contributed by atoms with Gasteiger partial charge in [-0.3, -0.25) is 0 Å². The van der Waals surface area contributed by atoms with Crippen molar-refractivity contribution in [2.45, 2.75) is 25.8 Å². The van der Waals surface area contributed by atoms with E-state index in [2.05, 4.69) is 11.2 Å². The largest absolute Gasteiger partial charge is 0.313 e. The highest BCUT2D eigenvalue weighted by Crippen LogP contribution is 2.22. The number of hydrogen-bond donors (Lipinski definition) is 1. The van der Waals surface area contributed by atoms with Crippen molar-refractivity contribution >= 4 is 0 Å². The van der Waals surface area contributed by atoms with Crippen LogP contribution in [0.2, 0.25) is 0 Å². The fraction of sp³-hybridized carbons (Fsp3) is 0.385. The predicted octanol–water partition coefficient (Wildman–Crippen LogP) is 2.81. The van der Waals surface area contributed by atoms with Crippen molar-refractivity contribution in [3.05, 3.63) is 35.1 Å². The van der Waals surface area contributed by atoms with E-state index in [1.807, 2.05) is 20.0 Å². The van der Waals surface area contributed by atoms with Gasteiger partial charge in [0, 0.05) is 12.5 Å². The lowest BCUT2D eigenvalue weighted by Crippen LogP contribution is -2.17. The molecule has 1 atom stereocenters. The van der Waals surface area contributed by atoms with E-state index < -0.39 is 0 Å². The van der Waals surface area contributed by atoms with Gasteiger partial charge in [0.15, 0.2) is 0 Å². The van der Waals surface area contributed by atoms with Crippen LogP contribution in [0.15, 0.2) is 18.2 Å². The molecule has 0 radical (unpaired) electrons. The second-order valence-corrected chi connectivity index (χ2v) is 3.58. The van der Waals surface area contributed by atoms with E-state index in [9.17, 15) is 4.39 Å². The molecule has 1 N–H and O–H groups in total. The molecule has 2 heteroatoms. The van der Waals surface area contributed by atoms with E-state index >= 15 is 0 Å². The van der Waals surface area contributed by atoms with Gasteiger partial charge in [0.2, 0.25) is 0 Å². The molecule has 80 valence electrons. The Bertz CT molecular complexity index is 365. The van der Waals surface area contributed by atoms with Gasteiger partial charge in [0.1, 0.15) is 5.82 Å². The quantitative estimate of drug-likeness (QED) is 0.745. The van der Waals surface area contributed by atoms with Crippen molar-refractivity contribution in [3.63, 3.8) is 0 Å². The smallest absolute Gasteiger partial charge is 0.123 e. The third kappa shape index (κ3) is 3.07. The Morgan fingerprint density at radius 2 is 2.27 bits per heavy atom.